The third-order valence-electron chi connectivity index (χ3n) is 6.29. The van der Waals surface area contributed by atoms with Crippen molar-refractivity contribution >= 4 is 5.91 Å². The zero-order valence-electron chi connectivity index (χ0n) is 13.6. The minimum absolute atomic E-state index is 0.187. The number of rotatable bonds is 4. The van der Waals surface area contributed by atoms with Crippen LogP contribution in [0.25, 0.3) is 0 Å². The highest BCUT2D eigenvalue weighted by Crippen LogP contribution is 2.49. The van der Waals surface area contributed by atoms with Gasteiger partial charge in [0.2, 0.25) is 5.91 Å². The molecule has 0 aromatic heterocycles. The number of hydrogen-bond acceptors (Lipinski definition) is 3. The lowest BCUT2D eigenvalue weighted by Gasteiger charge is -2.35. The Kier molecular flexibility index (Phi) is 4.55. The molecule has 1 amide bonds. The summed E-state index contributed by atoms with van der Waals surface area (Å²) in [5.74, 6) is 3.30. The molecular weight excluding hydrogens is 262 g/mol. The highest BCUT2D eigenvalue weighted by atomic mass is 16.2. The van der Waals surface area contributed by atoms with Gasteiger partial charge in [0.25, 0.3) is 0 Å². The molecule has 4 nitrogen and oxygen atoms in total. The minimum atomic E-state index is 0.187. The number of hydrogen-bond donors (Lipinski definition) is 2. The Morgan fingerprint density at radius 1 is 1.33 bits per heavy atom. The Hall–Kier alpha value is -0.610. The molecule has 3 fully saturated rings. The van der Waals surface area contributed by atoms with Crippen molar-refractivity contribution in [2.24, 2.45) is 29.4 Å². The molecule has 2 aliphatic carbocycles. The lowest BCUT2D eigenvalue weighted by Crippen LogP contribution is -2.51. The summed E-state index contributed by atoms with van der Waals surface area (Å²) in [6, 6.07) is 0.555. The van der Waals surface area contributed by atoms with Gasteiger partial charge in [0, 0.05) is 18.6 Å². The topological polar surface area (TPSA) is 58.4 Å². The van der Waals surface area contributed by atoms with Gasteiger partial charge in [-0.3, -0.25) is 9.69 Å². The number of fused-ring (bicyclic) bond motifs is 2. The molecule has 120 valence electrons. The second kappa shape index (κ2) is 6.25. The van der Waals surface area contributed by atoms with Crippen molar-refractivity contribution in [3.8, 4) is 0 Å². The van der Waals surface area contributed by atoms with Crippen LogP contribution in [0.1, 0.15) is 46.0 Å². The standard InChI is InChI=1S/C17H31N3O/c1-11-5-6-20(9-16(11)18)10-17(21)19-12(2)15-8-13-3-4-14(15)7-13/h11-16H,3-10,18H2,1-2H3,(H,19,21). The van der Waals surface area contributed by atoms with E-state index in [0.717, 1.165) is 37.3 Å². The summed E-state index contributed by atoms with van der Waals surface area (Å²) in [5, 5.41) is 3.26. The van der Waals surface area contributed by atoms with Crippen LogP contribution in [-0.4, -0.2) is 42.5 Å². The molecule has 2 saturated carbocycles. The molecule has 1 aliphatic heterocycles. The van der Waals surface area contributed by atoms with Gasteiger partial charge in [0.1, 0.15) is 0 Å². The molecule has 1 saturated heterocycles. The summed E-state index contributed by atoms with van der Waals surface area (Å²) in [7, 11) is 0. The molecule has 6 atom stereocenters. The quantitative estimate of drug-likeness (QED) is 0.828. The Morgan fingerprint density at radius 3 is 2.76 bits per heavy atom. The summed E-state index contributed by atoms with van der Waals surface area (Å²) < 4.78 is 0. The van der Waals surface area contributed by atoms with E-state index in [-0.39, 0.29) is 11.9 Å². The minimum Gasteiger partial charge on any atom is -0.352 e. The lowest BCUT2D eigenvalue weighted by atomic mass is 9.84. The number of likely N-dealkylation sites (tertiary alicyclic amines) is 1. The maximum atomic E-state index is 12.3. The Balaban J connectivity index is 1.44. The maximum absolute atomic E-state index is 12.3. The Bertz CT molecular complexity index is 386. The molecule has 0 aromatic rings. The van der Waals surface area contributed by atoms with E-state index in [1.807, 2.05) is 0 Å². The van der Waals surface area contributed by atoms with Gasteiger partial charge in [0.15, 0.2) is 0 Å². The molecule has 0 radical (unpaired) electrons. The number of piperidine rings is 1. The van der Waals surface area contributed by atoms with Crippen LogP contribution in [0, 0.1) is 23.7 Å². The van der Waals surface area contributed by atoms with Crippen LogP contribution in [0.5, 0.6) is 0 Å². The molecule has 21 heavy (non-hydrogen) atoms. The summed E-state index contributed by atoms with van der Waals surface area (Å²) >= 11 is 0. The van der Waals surface area contributed by atoms with Gasteiger partial charge in [-0.25, -0.2) is 0 Å². The molecule has 0 spiro atoms. The fraction of sp³-hybridized carbons (Fsp3) is 0.941. The first-order valence-electron chi connectivity index (χ1n) is 8.80. The average Bonchev–Trinajstić information content (AvgIpc) is 3.05. The molecule has 1 heterocycles. The second-order valence-electron chi connectivity index (χ2n) is 7.86. The molecule has 4 heteroatoms. The van der Waals surface area contributed by atoms with E-state index in [1.165, 1.54) is 25.7 Å². The molecule has 6 unspecified atom stereocenters. The fourth-order valence-electron chi connectivity index (χ4n) is 4.83. The van der Waals surface area contributed by atoms with Crippen molar-refractivity contribution in [3.05, 3.63) is 0 Å². The molecule has 3 rings (SSSR count). The van der Waals surface area contributed by atoms with E-state index >= 15 is 0 Å². The number of nitrogens with zero attached hydrogens (tertiary/aromatic N) is 1. The summed E-state index contributed by atoms with van der Waals surface area (Å²) in [6.45, 7) is 6.79. The smallest absolute Gasteiger partial charge is 0.234 e. The first kappa shape index (κ1) is 15.3. The largest absolute Gasteiger partial charge is 0.352 e. The Morgan fingerprint density at radius 2 is 2.14 bits per heavy atom. The number of carbonyl (C=O) groups is 1. The van der Waals surface area contributed by atoms with Crippen molar-refractivity contribution in [1.82, 2.24) is 10.2 Å². The summed E-state index contributed by atoms with van der Waals surface area (Å²) in [6.07, 6.45) is 6.65. The van der Waals surface area contributed by atoms with E-state index in [2.05, 4.69) is 24.1 Å². The van der Waals surface area contributed by atoms with Crippen LogP contribution in [0.2, 0.25) is 0 Å². The fourth-order valence-corrected chi connectivity index (χ4v) is 4.83. The monoisotopic (exact) mass is 293 g/mol. The highest BCUT2D eigenvalue weighted by Gasteiger charge is 2.42. The molecule has 3 aliphatic rings. The SMILES string of the molecule is CC1CCN(CC(=O)NC(C)C2CC3CCC2C3)CC1N. The van der Waals surface area contributed by atoms with Gasteiger partial charge >= 0.3 is 0 Å². The number of nitrogens with two attached hydrogens (primary N) is 1. The zero-order valence-corrected chi connectivity index (χ0v) is 13.6. The van der Waals surface area contributed by atoms with E-state index in [4.69, 9.17) is 5.73 Å². The lowest BCUT2D eigenvalue weighted by molar-refractivity contribution is -0.123. The second-order valence-corrected chi connectivity index (χ2v) is 7.86. The van der Waals surface area contributed by atoms with Crippen molar-refractivity contribution in [2.45, 2.75) is 58.0 Å². The van der Waals surface area contributed by atoms with Gasteiger partial charge < -0.3 is 11.1 Å². The predicted octanol–water partition coefficient (Wildman–Crippen LogP) is 1.60. The van der Waals surface area contributed by atoms with Crippen molar-refractivity contribution < 1.29 is 4.79 Å². The molecule has 3 N–H and O–H groups in total. The predicted molar refractivity (Wildman–Crippen MR) is 84.7 cm³/mol. The van der Waals surface area contributed by atoms with E-state index in [9.17, 15) is 4.79 Å². The first-order valence-corrected chi connectivity index (χ1v) is 8.80. The van der Waals surface area contributed by atoms with Gasteiger partial charge in [0.05, 0.1) is 6.54 Å². The van der Waals surface area contributed by atoms with E-state index in [0.29, 0.717) is 18.5 Å². The van der Waals surface area contributed by atoms with Gasteiger partial charge in [-0.1, -0.05) is 13.3 Å². The summed E-state index contributed by atoms with van der Waals surface area (Å²) in [5.41, 5.74) is 6.11. The van der Waals surface area contributed by atoms with Gasteiger partial charge in [-0.15, -0.1) is 0 Å². The Labute approximate surface area is 128 Å². The van der Waals surface area contributed by atoms with Crippen LogP contribution >= 0.6 is 0 Å². The van der Waals surface area contributed by atoms with Gasteiger partial charge in [-0.2, -0.15) is 0 Å². The third kappa shape index (κ3) is 3.42. The van der Waals surface area contributed by atoms with Crippen LogP contribution in [0.4, 0.5) is 0 Å². The molecule has 0 aromatic carbocycles. The summed E-state index contributed by atoms with van der Waals surface area (Å²) in [4.78, 5) is 14.5. The van der Waals surface area contributed by atoms with E-state index in [1.54, 1.807) is 0 Å². The third-order valence-corrected chi connectivity index (χ3v) is 6.29. The molecular formula is C17H31N3O. The number of amides is 1. The maximum Gasteiger partial charge on any atom is 0.234 e. The van der Waals surface area contributed by atoms with Gasteiger partial charge in [-0.05, 0) is 62.8 Å². The number of nitrogens with one attached hydrogen (secondary N) is 1. The van der Waals surface area contributed by atoms with Crippen molar-refractivity contribution in [3.63, 3.8) is 0 Å². The van der Waals surface area contributed by atoms with Crippen molar-refractivity contribution in [2.75, 3.05) is 19.6 Å². The zero-order chi connectivity index (χ0) is 15.0. The normalized spacial score (nSPS) is 41.2. The highest BCUT2D eigenvalue weighted by molar-refractivity contribution is 5.78. The van der Waals surface area contributed by atoms with Crippen molar-refractivity contribution in [1.29, 1.82) is 0 Å². The van der Waals surface area contributed by atoms with Crippen LogP contribution in [0.3, 0.4) is 0 Å². The van der Waals surface area contributed by atoms with Crippen LogP contribution in [-0.2, 0) is 4.79 Å². The first-order chi connectivity index (χ1) is 10.0. The molecule has 2 bridgehead atoms. The van der Waals surface area contributed by atoms with Crippen LogP contribution in [0.15, 0.2) is 0 Å². The number of carbonyl (C=O) groups excluding carboxylic acids is 1. The average molecular weight is 293 g/mol. The van der Waals surface area contributed by atoms with Crippen LogP contribution < -0.4 is 11.1 Å². The van der Waals surface area contributed by atoms with E-state index < -0.39 is 0 Å².